The van der Waals surface area contributed by atoms with Gasteiger partial charge in [-0.3, -0.25) is 0 Å². The molecule has 0 spiro atoms. The highest BCUT2D eigenvalue weighted by Crippen LogP contribution is 2.17. The Labute approximate surface area is 157 Å². The van der Waals surface area contributed by atoms with Crippen LogP contribution in [0.25, 0.3) is 0 Å². The van der Waals surface area contributed by atoms with E-state index < -0.39 is 17.6 Å². The molecule has 0 aliphatic rings. The molecule has 0 amide bonds. The Morgan fingerprint density at radius 1 is 0.600 bits per heavy atom. The lowest BCUT2D eigenvalue weighted by molar-refractivity contribution is 0.0711. The molecule has 0 aromatic heterocycles. The van der Waals surface area contributed by atoms with Gasteiger partial charge in [-0.05, 0) is 47.2 Å². The third-order valence-corrected chi connectivity index (χ3v) is 8.81. The van der Waals surface area contributed by atoms with Crippen LogP contribution in [0.1, 0.15) is 54.9 Å². The van der Waals surface area contributed by atoms with E-state index in [-0.39, 0.29) is 0 Å². The van der Waals surface area contributed by atoms with Crippen molar-refractivity contribution < 1.29 is 26.6 Å². The average molecular weight is 397 g/mol. The van der Waals surface area contributed by atoms with E-state index in [2.05, 4.69) is 13.5 Å². The van der Waals surface area contributed by atoms with Crippen molar-refractivity contribution in [3.63, 3.8) is 0 Å². The molecule has 152 valence electrons. The van der Waals surface area contributed by atoms with Gasteiger partial charge in [0, 0.05) is 45.7 Å². The van der Waals surface area contributed by atoms with E-state index in [1.54, 1.807) is 5.70 Å². The van der Waals surface area contributed by atoms with Crippen LogP contribution in [0.2, 0.25) is 6.04 Å². The summed E-state index contributed by atoms with van der Waals surface area (Å²) in [6, 6.07) is 0.919. The minimum absolute atomic E-state index is 0.595. The number of hydrogen-bond acceptors (Lipinski definition) is 6. The van der Waals surface area contributed by atoms with Crippen molar-refractivity contribution in [3.8, 4) is 0 Å². The van der Waals surface area contributed by atoms with Crippen LogP contribution in [0.3, 0.4) is 0 Å². The van der Waals surface area contributed by atoms with Gasteiger partial charge < -0.3 is 26.6 Å². The Hall–Kier alpha value is -0.0662. The standard InChI is InChI=1S/C9H22O3Si.C8H18O3Si/c1-5-9-13(10-6-2,11-7-3)12-8-4;1-5-9-12(8-4,10-6-2)11-7-3/h5-9H2,1-4H3;8H,4-7H2,1-3H3. The molecule has 0 saturated heterocycles. The third kappa shape index (κ3) is 12.0. The van der Waals surface area contributed by atoms with Crippen molar-refractivity contribution in [1.82, 2.24) is 0 Å². The molecule has 0 N–H and O–H groups in total. The topological polar surface area (TPSA) is 55.4 Å². The molecule has 8 heteroatoms. The Morgan fingerprint density at radius 2 is 0.920 bits per heavy atom. The molecule has 0 unspecified atom stereocenters. The Balaban J connectivity index is 0. The summed E-state index contributed by atoms with van der Waals surface area (Å²) in [6.45, 7) is 21.3. The second-order valence-corrected chi connectivity index (χ2v) is 10.1. The largest absolute Gasteiger partial charge is 0.528 e. The fraction of sp³-hybridized carbons (Fsp3) is 0.882. The summed E-state index contributed by atoms with van der Waals surface area (Å²) in [5.41, 5.74) is 1.67. The minimum Gasteiger partial charge on any atom is -0.374 e. The average Bonchev–Trinajstić information content (AvgIpc) is 2.57. The zero-order chi connectivity index (χ0) is 19.6. The van der Waals surface area contributed by atoms with Crippen molar-refractivity contribution in [2.45, 2.75) is 60.9 Å². The Kier molecular flexibility index (Phi) is 18.8. The van der Waals surface area contributed by atoms with Crippen molar-refractivity contribution >= 4 is 17.6 Å². The molecule has 0 rings (SSSR count). The molecule has 0 aliphatic carbocycles. The van der Waals surface area contributed by atoms with Crippen molar-refractivity contribution in [1.29, 1.82) is 0 Å². The molecule has 0 bridgehead atoms. The van der Waals surface area contributed by atoms with Crippen LogP contribution in [-0.4, -0.2) is 57.3 Å². The zero-order valence-corrected chi connectivity index (χ0v) is 19.4. The Morgan fingerprint density at radius 3 is 1.12 bits per heavy atom. The first-order chi connectivity index (χ1) is 12.0. The van der Waals surface area contributed by atoms with Gasteiger partial charge in [-0.1, -0.05) is 19.9 Å². The lowest BCUT2D eigenvalue weighted by atomic mass is 10.6. The molecule has 0 aromatic rings. The first kappa shape index (κ1) is 27.2. The lowest BCUT2D eigenvalue weighted by Gasteiger charge is -2.27. The molecule has 0 aliphatic heterocycles. The van der Waals surface area contributed by atoms with Gasteiger partial charge in [0.2, 0.25) is 0 Å². The minimum atomic E-state index is -2.51. The first-order valence-corrected chi connectivity index (χ1v) is 13.2. The van der Waals surface area contributed by atoms with Gasteiger partial charge >= 0.3 is 17.6 Å². The molecule has 0 radical (unpaired) electrons. The SMILES string of the molecule is C=C[Si](OCC)(OCC)OCC.CCC[Si](OCC)(OCC)OCC. The van der Waals surface area contributed by atoms with E-state index in [0.717, 1.165) is 12.5 Å². The van der Waals surface area contributed by atoms with Crippen LogP contribution in [0.5, 0.6) is 0 Å². The molecule has 0 atom stereocenters. The summed E-state index contributed by atoms with van der Waals surface area (Å²) in [6.07, 6.45) is 1.05. The highest BCUT2D eigenvalue weighted by atomic mass is 28.4. The maximum absolute atomic E-state index is 5.65. The molecule has 0 heterocycles. The van der Waals surface area contributed by atoms with Crippen LogP contribution in [0.4, 0.5) is 0 Å². The Bertz CT molecular complexity index is 258. The summed E-state index contributed by atoms with van der Waals surface area (Å²) in [7, 11) is -4.80. The number of rotatable bonds is 15. The summed E-state index contributed by atoms with van der Waals surface area (Å²) >= 11 is 0. The van der Waals surface area contributed by atoms with Crippen LogP contribution in [-0.2, 0) is 26.6 Å². The molecular formula is C17H40O6Si2. The van der Waals surface area contributed by atoms with E-state index in [9.17, 15) is 0 Å². The van der Waals surface area contributed by atoms with E-state index in [1.165, 1.54) is 0 Å². The van der Waals surface area contributed by atoms with Crippen LogP contribution >= 0.6 is 0 Å². The summed E-state index contributed by atoms with van der Waals surface area (Å²) in [5, 5.41) is 0. The second-order valence-electron chi connectivity index (χ2n) is 4.84. The van der Waals surface area contributed by atoms with Crippen LogP contribution in [0.15, 0.2) is 12.3 Å². The molecular weight excluding hydrogens is 356 g/mol. The van der Waals surface area contributed by atoms with E-state index >= 15 is 0 Å². The van der Waals surface area contributed by atoms with Gasteiger partial charge in [0.25, 0.3) is 0 Å². The molecule has 6 nitrogen and oxygen atoms in total. The summed E-state index contributed by atoms with van der Waals surface area (Å²) in [4.78, 5) is 0. The van der Waals surface area contributed by atoms with Gasteiger partial charge in [0.1, 0.15) is 0 Å². The monoisotopic (exact) mass is 396 g/mol. The molecule has 0 aromatic carbocycles. The van der Waals surface area contributed by atoms with E-state index in [4.69, 9.17) is 26.6 Å². The van der Waals surface area contributed by atoms with Crippen molar-refractivity contribution in [2.24, 2.45) is 0 Å². The van der Waals surface area contributed by atoms with Crippen LogP contribution < -0.4 is 0 Å². The van der Waals surface area contributed by atoms with Crippen molar-refractivity contribution in [2.75, 3.05) is 39.6 Å². The van der Waals surface area contributed by atoms with Crippen LogP contribution in [0, 0.1) is 0 Å². The van der Waals surface area contributed by atoms with Gasteiger partial charge in [0.05, 0.1) is 0 Å². The maximum atomic E-state index is 5.65. The smallest absolute Gasteiger partial charge is 0.374 e. The van der Waals surface area contributed by atoms with Crippen molar-refractivity contribution in [3.05, 3.63) is 12.3 Å². The number of hydrogen-bond donors (Lipinski definition) is 0. The molecule has 0 fully saturated rings. The summed E-state index contributed by atoms with van der Waals surface area (Å²) < 4.78 is 33.2. The highest BCUT2D eigenvalue weighted by Gasteiger charge is 2.39. The van der Waals surface area contributed by atoms with Gasteiger partial charge in [-0.15, -0.1) is 0 Å². The normalized spacial score (nSPS) is 11.8. The first-order valence-electron chi connectivity index (χ1n) is 9.46. The third-order valence-electron chi connectivity index (χ3n) is 2.94. The maximum Gasteiger partial charge on any atom is 0.528 e. The zero-order valence-electron chi connectivity index (χ0n) is 17.4. The lowest BCUT2D eigenvalue weighted by Crippen LogP contribution is -2.45. The van der Waals surface area contributed by atoms with E-state index in [1.807, 2.05) is 41.5 Å². The predicted molar refractivity (Wildman–Crippen MR) is 107 cm³/mol. The quantitative estimate of drug-likeness (QED) is 0.387. The van der Waals surface area contributed by atoms with Gasteiger partial charge in [0.15, 0.2) is 0 Å². The fourth-order valence-electron chi connectivity index (χ4n) is 2.21. The van der Waals surface area contributed by atoms with Gasteiger partial charge in [-0.25, -0.2) is 0 Å². The molecule has 0 saturated carbocycles. The second kappa shape index (κ2) is 17.4. The van der Waals surface area contributed by atoms with Gasteiger partial charge in [-0.2, -0.15) is 0 Å². The highest BCUT2D eigenvalue weighted by molar-refractivity contribution is 6.66. The predicted octanol–water partition coefficient (Wildman–Crippen LogP) is 4.20. The van der Waals surface area contributed by atoms with E-state index in [0.29, 0.717) is 39.6 Å². The fourth-order valence-corrected chi connectivity index (χ4v) is 6.64. The summed E-state index contributed by atoms with van der Waals surface area (Å²) in [5.74, 6) is 0. The molecule has 25 heavy (non-hydrogen) atoms.